The number of methoxy groups -OCH3 is 1. The summed E-state index contributed by atoms with van der Waals surface area (Å²) in [6, 6.07) is 1.01. The number of ether oxygens (including phenoxy) is 1. The van der Waals surface area contributed by atoms with Gasteiger partial charge in [0.1, 0.15) is 0 Å². The van der Waals surface area contributed by atoms with Gasteiger partial charge in [-0.3, -0.25) is 0 Å². The van der Waals surface area contributed by atoms with Crippen molar-refractivity contribution >= 4 is 0 Å². The smallest absolute Gasteiger partial charge is 0.0462 e. The Morgan fingerprint density at radius 1 is 1.39 bits per heavy atom. The average molecular weight is 257 g/mol. The van der Waals surface area contributed by atoms with Crippen molar-refractivity contribution in [2.75, 3.05) is 46.9 Å². The van der Waals surface area contributed by atoms with E-state index in [1.54, 1.807) is 7.11 Å². The molecule has 0 spiro atoms. The molecule has 0 aliphatic carbocycles. The minimum atomic E-state index is 0.286. The quantitative estimate of drug-likeness (QED) is 0.663. The van der Waals surface area contributed by atoms with Gasteiger partial charge in [-0.15, -0.1) is 0 Å². The molecule has 0 aromatic carbocycles. The maximum Gasteiger partial charge on any atom is 0.0462 e. The van der Waals surface area contributed by atoms with Crippen LogP contribution in [-0.4, -0.2) is 68.8 Å². The molecule has 0 amide bonds. The van der Waals surface area contributed by atoms with Crippen LogP contribution in [0.5, 0.6) is 0 Å². The summed E-state index contributed by atoms with van der Waals surface area (Å²) in [5.74, 6) is 0. The fourth-order valence-corrected chi connectivity index (χ4v) is 2.78. The second-order valence-corrected chi connectivity index (χ2v) is 5.50. The summed E-state index contributed by atoms with van der Waals surface area (Å²) in [6.07, 6.45) is 4.70. The SMILES string of the molecule is CCN1CCC(N(C)CC(N)CCCOC)CC1. The Balaban J connectivity index is 2.17. The number of likely N-dealkylation sites (tertiary alicyclic amines) is 1. The molecular weight excluding hydrogens is 226 g/mol. The van der Waals surface area contributed by atoms with Crippen LogP contribution < -0.4 is 5.73 Å². The van der Waals surface area contributed by atoms with E-state index in [-0.39, 0.29) is 6.04 Å². The fraction of sp³-hybridized carbons (Fsp3) is 1.00. The fourth-order valence-electron chi connectivity index (χ4n) is 2.78. The molecule has 1 aliphatic rings. The first-order valence-corrected chi connectivity index (χ1v) is 7.34. The van der Waals surface area contributed by atoms with E-state index < -0.39 is 0 Å². The van der Waals surface area contributed by atoms with Crippen molar-refractivity contribution in [1.82, 2.24) is 9.80 Å². The van der Waals surface area contributed by atoms with Crippen molar-refractivity contribution in [3.8, 4) is 0 Å². The Hall–Kier alpha value is -0.160. The largest absolute Gasteiger partial charge is 0.385 e. The molecule has 0 aromatic heterocycles. The van der Waals surface area contributed by atoms with Gasteiger partial charge in [-0.25, -0.2) is 0 Å². The molecule has 2 N–H and O–H groups in total. The lowest BCUT2D eigenvalue weighted by Gasteiger charge is -2.37. The molecule has 4 heteroatoms. The third-order valence-electron chi connectivity index (χ3n) is 4.07. The van der Waals surface area contributed by atoms with Crippen molar-refractivity contribution in [3.63, 3.8) is 0 Å². The molecule has 0 bridgehead atoms. The first-order valence-electron chi connectivity index (χ1n) is 7.34. The second-order valence-electron chi connectivity index (χ2n) is 5.50. The van der Waals surface area contributed by atoms with Crippen molar-refractivity contribution in [2.24, 2.45) is 5.73 Å². The second kappa shape index (κ2) is 8.86. The molecule has 1 unspecified atom stereocenters. The van der Waals surface area contributed by atoms with Gasteiger partial charge in [-0.05, 0) is 52.4 Å². The normalized spacial score (nSPS) is 20.5. The van der Waals surface area contributed by atoms with Gasteiger partial charge >= 0.3 is 0 Å². The highest BCUT2D eigenvalue weighted by Gasteiger charge is 2.22. The Bertz CT molecular complexity index is 205. The van der Waals surface area contributed by atoms with Crippen LogP contribution in [0, 0.1) is 0 Å². The Morgan fingerprint density at radius 3 is 2.61 bits per heavy atom. The summed E-state index contributed by atoms with van der Waals surface area (Å²) in [4.78, 5) is 4.99. The molecule has 4 nitrogen and oxygen atoms in total. The predicted molar refractivity (Wildman–Crippen MR) is 76.9 cm³/mol. The highest BCUT2D eigenvalue weighted by molar-refractivity contribution is 4.79. The van der Waals surface area contributed by atoms with Gasteiger partial charge in [0, 0.05) is 32.3 Å². The molecule has 1 rings (SSSR count). The van der Waals surface area contributed by atoms with E-state index in [1.807, 2.05) is 0 Å². The topological polar surface area (TPSA) is 41.7 Å². The third kappa shape index (κ3) is 5.65. The Kier molecular flexibility index (Phi) is 7.82. The average Bonchev–Trinajstić information content (AvgIpc) is 2.39. The van der Waals surface area contributed by atoms with Crippen LogP contribution in [0.3, 0.4) is 0 Å². The Labute approximate surface area is 112 Å². The summed E-state index contributed by atoms with van der Waals surface area (Å²) in [5, 5.41) is 0. The van der Waals surface area contributed by atoms with Gasteiger partial charge in [-0.2, -0.15) is 0 Å². The molecule has 1 heterocycles. The lowest BCUT2D eigenvalue weighted by atomic mass is 10.0. The highest BCUT2D eigenvalue weighted by atomic mass is 16.5. The van der Waals surface area contributed by atoms with Crippen molar-refractivity contribution < 1.29 is 4.74 Å². The molecule has 0 radical (unpaired) electrons. The molecule has 0 saturated carbocycles. The van der Waals surface area contributed by atoms with Crippen LogP contribution in [0.1, 0.15) is 32.6 Å². The van der Waals surface area contributed by atoms with E-state index in [1.165, 1.54) is 32.5 Å². The maximum atomic E-state index is 6.17. The summed E-state index contributed by atoms with van der Waals surface area (Å²) in [5.41, 5.74) is 6.17. The van der Waals surface area contributed by atoms with Crippen molar-refractivity contribution in [2.45, 2.75) is 44.7 Å². The van der Waals surface area contributed by atoms with Gasteiger partial charge in [0.15, 0.2) is 0 Å². The first kappa shape index (κ1) is 15.9. The minimum Gasteiger partial charge on any atom is -0.385 e. The summed E-state index contributed by atoms with van der Waals surface area (Å²) < 4.78 is 5.06. The van der Waals surface area contributed by atoms with Crippen molar-refractivity contribution in [1.29, 1.82) is 0 Å². The summed E-state index contributed by atoms with van der Waals surface area (Å²) in [6.45, 7) is 7.75. The molecule has 1 atom stereocenters. The van der Waals surface area contributed by atoms with Crippen LogP contribution in [0.2, 0.25) is 0 Å². The third-order valence-corrected chi connectivity index (χ3v) is 4.07. The summed E-state index contributed by atoms with van der Waals surface area (Å²) in [7, 11) is 3.97. The van der Waals surface area contributed by atoms with Gasteiger partial charge in [0.25, 0.3) is 0 Å². The van der Waals surface area contributed by atoms with Gasteiger partial charge in [0.2, 0.25) is 0 Å². The van der Waals surface area contributed by atoms with Gasteiger partial charge in [-0.1, -0.05) is 6.92 Å². The number of nitrogens with two attached hydrogens (primary N) is 1. The lowest BCUT2D eigenvalue weighted by Crippen LogP contribution is -2.46. The predicted octanol–water partition coefficient (Wildman–Crippen LogP) is 1.16. The minimum absolute atomic E-state index is 0.286. The molecule has 108 valence electrons. The van der Waals surface area contributed by atoms with E-state index in [0.717, 1.165) is 32.0 Å². The van der Waals surface area contributed by atoms with Gasteiger partial charge < -0.3 is 20.3 Å². The van der Waals surface area contributed by atoms with Crippen LogP contribution >= 0.6 is 0 Å². The zero-order valence-corrected chi connectivity index (χ0v) is 12.4. The summed E-state index contributed by atoms with van der Waals surface area (Å²) >= 11 is 0. The van der Waals surface area contributed by atoms with Crippen LogP contribution in [0.15, 0.2) is 0 Å². The van der Waals surface area contributed by atoms with E-state index in [2.05, 4.69) is 23.8 Å². The molecule has 1 aliphatic heterocycles. The molecule has 0 aromatic rings. The number of nitrogens with zero attached hydrogens (tertiary/aromatic N) is 2. The van der Waals surface area contributed by atoms with E-state index in [4.69, 9.17) is 10.5 Å². The molecular formula is C14H31N3O. The monoisotopic (exact) mass is 257 g/mol. The Morgan fingerprint density at radius 2 is 2.06 bits per heavy atom. The number of hydrogen-bond donors (Lipinski definition) is 1. The van der Waals surface area contributed by atoms with Crippen LogP contribution in [0.25, 0.3) is 0 Å². The molecule has 18 heavy (non-hydrogen) atoms. The highest BCUT2D eigenvalue weighted by Crippen LogP contribution is 2.15. The number of likely N-dealkylation sites (N-methyl/N-ethyl adjacent to an activating group) is 1. The van der Waals surface area contributed by atoms with E-state index in [9.17, 15) is 0 Å². The van der Waals surface area contributed by atoms with E-state index >= 15 is 0 Å². The number of piperidine rings is 1. The zero-order valence-electron chi connectivity index (χ0n) is 12.4. The maximum absolute atomic E-state index is 6.17. The van der Waals surface area contributed by atoms with Crippen LogP contribution in [0.4, 0.5) is 0 Å². The molecule has 1 fully saturated rings. The van der Waals surface area contributed by atoms with Crippen LogP contribution in [-0.2, 0) is 4.74 Å². The number of hydrogen-bond acceptors (Lipinski definition) is 4. The lowest BCUT2D eigenvalue weighted by molar-refractivity contribution is 0.124. The standard InChI is InChI=1S/C14H31N3O/c1-4-17-9-7-14(8-10-17)16(2)12-13(15)6-5-11-18-3/h13-14H,4-12,15H2,1-3H3. The zero-order chi connectivity index (χ0) is 13.4. The number of rotatable bonds is 8. The van der Waals surface area contributed by atoms with Crippen molar-refractivity contribution in [3.05, 3.63) is 0 Å². The first-order chi connectivity index (χ1) is 8.67. The van der Waals surface area contributed by atoms with Gasteiger partial charge in [0.05, 0.1) is 0 Å². The van der Waals surface area contributed by atoms with E-state index in [0.29, 0.717) is 0 Å². The molecule has 1 saturated heterocycles.